The van der Waals surface area contributed by atoms with Crippen LogP contribution in [0.15, 0.2) is 48.5 Å². The first-order valence-electron chi connectivity index (χ1n) is 9.18. The number of nitrogens with one attached hydrogen (secondary N) is 2. The molecule has 0 spiro atoms. The fraction of sp³-hybridized carbons (Fsp3) is 0.333. The van der Waals surface area contributed by atoms with Crippen molar-refractivity contribution >= 4 is 28.9 Å². The van der Waals surface area contributed by atoms with Crippen LogP contribution in [0.25, 0.3) is 0 Å². The Morgan fingerprint density at radius 2 is 1.85 bits per heavy atom. The second-order valence-electron chi connectivity index (χ2n) is 7.08. The number of carbonyl (C=O) groups is 2. The quantitative estimate of drug-likeness (QED) is 0.869. The van der Waals surface area contributed by atoms with E-state index in [-0.39, 0.29) is 23.8 Å². The number of nitrogens with zero attached hydrogens (tertiary/aromatic N) is 1. The summed E-state index contributed by atoms with van der Waals surface area (Å²) in [5.74, 6) is 0.310. The standard InChI is InChI=1S/C21H23N3O2/c1-14(21(26)24-12-11-15-5-2-3-8-19(15)24)22-17-6-4-7-18(13-17)23-20(25)16-9-10-16/h2-8,13-14,16,22H,9-12H2,1H3,(H,23,25). The van der Waals surface area contributed by atoms with Crippen LogP contribution in [0.5, 0.6) is 0 Å². The lowest BCUT2D eigenvalue weighted by atomic mass is 10.2. The van der Waals surface area contributed by atoms with Gasteiger partial charge in [-0.15, -0.1) is 0 Å². The minimum absolute atomic E-state index is 0.0577. The molecule has 26 heavy (non-hydrogen) atoms. The van der Waals surface area contributed by atoms with Crippen molar-refractivity contribution in [2.24, 2.45) is 5.92 Å². The van der Waals surface area contributed by atoms with E-state index in [1.54, 1.807) is 0 Å². The minimum atomic E-state index is -0.351. The van der Waals surface area contributed by atoms with Gasteiger partial charge in [-0.2, -0.15) is 0 Å². The van der Waals surface area contributed by atoms with E-state index in [4.69, 9.17) is 0 Å². The Morgan fingerprint density at radius 1 is 1.08 bits per heavy atom. The fourth-order valence-corrected chi connectivity index (χ4v) is 3.39. The SMILES string of the molecule is CC(Nc1cccc(NC(=O)C2CC2)c1)C(=O)N1CCc2ccccc21. The van der Waals surface area contributed by atoms with Crippen LogP contribution in [0, 0.1) is 5.92 Å². The molecule has 5 nitrogen and oxygen atoms in total. The maximum atomic E-state index is 12.9. The van der Waals surface area contributed by atoms with E-state index in [1.807, 2.05) is 54.3 Å². The summed E-state index contributed by atoms with van der Waals surface area (Å²) in [5, 5.41) is 6.21. The van der Waals surface area contributed by atoms with Crippen LogP contribution in [-0.4, -0.2) is 24.4 Å². The number of hydrogen-bond acceptors (Lipinski definition) is 3. The Hall–Kier alpha value is -2.82. The van der Waals surface area contributed by atoms with E-state index >= 15 is 0 Å². The molecule has 1 heterocycles. The van der Waals surface area contributed by atoms with Gasteiger partial charge in [0.25, 0.3) is 0 Å². The average molecular weight is 349 g/mol. The number of rotatable bonds is 5. The Labute approximate surface area is 153 Å². The summed E-state index contributed by atoms with van der Waals surface area (Å²) in [4.78, 5) is 26.6. The number of benzene rings is 2. The Balaban J connectivity index is 1.42. The van der Waals surface area contributed by atoms with Gasteiger partial charge in [0.1, 0.15) is 6.04 Å². The molecule has 4 rings (SSSR count). The van der Waals surface area contributed by atoms with Crippen molar-refractivity contribution in [2.75, 3.05) is 22.1 Å². The minimum Gasteiger partial charge on any atom is -0.374 e. The molecule has 0 radical (unpaired) electrons. The molecule has 0 saturated heterocycles. The van der Waals surface area contributed by atoms with Gasteiger partial charge in [0.05, 0.1) is 0 Å². The molecule has 0 bridgehead atoms. The second-order valence-corrected chi connectivity index (χ2v) is 7.08. The lowest BCUT2D eigenvalue weighted by Gasteiger charge is -2.23. The first kappa shape index (κ1) is 16.6. The molecule has 2 aromatic rings. The molecular formula is C21H23N3O2. The van der Waals surface area contributed by atoms with Crippen molar-refractivity contribution in [1.29, 1.82) is 0 Å². The molecule has 1 saturated carbocycles. The van der Waals surface area contributed by atoms with Gasteiger partial charge in [-0.1, -0.05) is 24.3 Å². The van der Waals surface area contributed by atoms with Crippen molar-refractivity contribution < 1.29 is 9.59 Å². The van der Waals surface area contributed by atoms with E-state index in [9.17, 15) is 9.59 Å². The Bertz CT molecular complexity index is 845. The molecule has 2 aromatic carbocycles. The highest BCUT2D eigenvalue weighted by atomic mass is 16.2. The number of fused-ring (bicyclic) bond motifs is 1. The van der Waals surface area contributed by atoms with Gasteiger partial charge in [-0.25, -0.2) is 0 Å². The van der Waals surface area contributed by atoms with E-state index in [0.29, 0.717) is 0 Å². The predicted octanol–water partition coefficient (Wildman–Crippen LogP) is 3.42. The number of anilines is 3. The van der Waals surface area contributed by atoms with Crippen molar-refractivity contribution in [3.8, 4) is 0 Å². The zero-order chi connectivity index (χ0) is 18.1. The molecule has 1 aliphatic heterocycles. The second kappa shape index (κ2) is 6.83. The number of amides is 2. The Morgan fingerprint density at radius 3 is 2.65 bits per heavy atom. The number of para-hydroxylation sites is 1. The summed E-state index contributed by atoms with van der Waals surface area (Å²) in [6.07, 6.45) is 2.86. The fourth-order valence-electron chi connectivity index (χ4n) is 3.39. The molecule has 0 aromatic heterocycles. The largest absolute Gasteiger partial charge is 0.374 e. The molecule has 2 aliphatic rings. The zero-order valence-corrected chi connectivity index (χ0v) is 14.9. The topological polar surface area (TPSA) is 61.4 Å². The van der Waals surface area contributed by atoms with Crippen LogP contribution >= 0.6 is 0 Å². The van der Waals surface area contributed by atoms with Gasteiger partial charge in [0.2, 0.25) is 11.8 Å². The normalized spacial score (nSPS) is 16.7. The van der Waals surface area contributed by atoms with Crippen molar-refractivity contribution in [3.05, 3.63) is 54.1 Å². The predicted molar refractivity (Wildman–Crippen MR) is 103 cm³/mol. The van der Waals surface area contributed by atoms with Gasteiger partial charge in [0.15, 0.2) is 0 Å². The third kappa shape index (κ3) is 3.43. The average Bonchev–Trinajstić information content (AvgIpc) is 3.41. The van der Waals surface area contributed by atoms with Gasteiger partial charge in [-0.3, -0.25) is 9.59 Å². The van der Waals surface area contributed by atoms with Crippen LogP contribution in [0.1, 0.15) is 25.3 Å². The monoisotopic (exact) mass is 349 g/mol. The first-order chi connectivity index (χ1) is 12.6. The third-order valence-corrected chi connectivity index (χ3v) is 4.99. The summed E-state index contributed by atoms with van der Waals surface area (Å²) >= 11 is 0. The third-order valence-electron chi connectivity index (χ3n) is 4.99. The van der Waals surface area contributed by atoms with E-state index < -0.39 is 0 Å². The molecule has 1 atom stereocenters. The molecule has 2 amide bonds. The van der Waals surface area contributed by atoms with Gasteiger partial charge in [-0.05, 0) is 56.0 Å². The zero-order valence-electron chi connectivity index (χ0n) is 14.9. The lowest BCUT2D eigenvalue weighted by Crippen LogP contribution is -2.40. The Kier molecular flexibility index (Phi) is 4.37. The molecular weight excluding hydrogens is 326 g/mol. The van der Waals surface area contributed by atoms with Crippen LogP contribution < -0.4 is 15.5 Å². The van der Waals surface area contributed by atoms with Crippen LogP contribution in [0.4, 0.5) is 17.1 Å². The highest BCUT2D eigenvalue weighted by molar-refractivity contribution is 6.00. The molecule has 5 heteroatoms. The highest BCUT2D eigenvalue weighted by Crippen LogP contribution is 2.31. The summed E-state index contributed by atoms with van der Waals surface area (Å²) in [6.45, 7) is 2.60. The van der Waals surface area contributed by atoms with Gasteiger partial charge >= 0.3 is 0 Å². The summed E-state index contributed by atoms with van der Waals surface area (Å²) in [6, 6.07) is 15.2. The summed E-state index contributed by atoms with van der Waals surface area (Å²) in [7, 11) is 0. The molecule has 134 valence electrons. The molecule has 1 aliphatic carbocycles. The van der Waals surface area contributed by atoms with Crippen LogP contribution in [0.3, 0.4) is 0 Å². The maximum Gasteiger partial charge on any atom is 0.249 e. The highest BCUT2D eigenvalue weighted by Gasteiger charge is 2.30. The van der Waals surface area contributed by atoms with E-state index in [0.717, 1.165) is 42.9 Å². The van der Waals surface area contributed by atoms with Crippen molar-refractivity contribution in [3.63, 3.8) is 0 Å². The maximum absolute atomic E-state index is 12.9. The van der Waals surface area contributed by atoms with E-state index in [2.05, 4.69) is 16.7 Å². The smallest absolute Gasteiger partial charge is 0.249 e. The molecule has 1 fully saturated rings. The summed E-state index contributed by atoms with van der Waals surface area (Å²) < 4.78 is 0. The number of carbonyl (C=O) groups excluding carboxylic acids is 2. The first-order valence-corrected chi connectivity index (χ1v) is 9.18. The van der Waals surface area contributed by atoms with Crippen molar-refractivity contribution in [2.45, 2.75) is 32.2 Å². The van der Waals surface area contributed by atoms with Crippen LogP contribution in [0.2, 0.25) is 0 Å². The van der Waals surface area contributed by atoms with Crippen LogP contribution in [-0.2, 0) is 16.0 Å². The number of hydrogen-bond donors (Lipinski definition) is 2. The van der Waals surface area contributed by atoms with Gasteiger partial charge < -0.3 is 15.5 Å². The molecule has 2 N–H and O–H groups in total. The summed E-state index contributed by atoms with van der Waals surface area (Å²) in [5.41, 5.74) is 3.82. The van der Waals surface area contributed by atoms with Gasteiger partial charge in [0, 0.05) is 29.5 Å². The van der Waals surface area contributed by atoms with E-state index in [1.165, 1.54) is 5.56 Å². The molecule has 1 unspecified atom stereocenters. The van der Waals surface area contributed by atoms with Crippen molar-refractivity contribution in [1.82, 2.24) is 0 Å². The lowest BCUT2D eigenvalue weighted by molar-refractivity contribution is -0.119.